The van der Waals surface area contributed by atoms with Gasteiger partial charge in [0, 0.05) is 0 Å². The Balaban J connectivity index is 2.01. The molecule has 0 radical (unpaired) electrons. The molecule has 1 N–H and O–H groups in total. The molecule has 0 aromatic heterocycles. The van der Waals surface area contributed by atoms with E-state index in [0.29, 0.717) is 0 Å². The summed E-state index contributed by atoms with van der Waals surface area (Å²) < 4.78 is 5.40. The molecule has 0 bridgehead atoms. The van der Waals surface area contributed by atoms with Crippen molar-refractivity contribution in [3.05, 3.63) is 58.7 Å². The molecule has 2 aromatic rings. The van der Waals surface area contributed by atoms with Crippen LogP contribution in [0.25, 0.3) is 0 Å². The number of halogens is 1. The number of alkyl halides is 1. The van der Waals surface area contributed by atoms with Crippen LogP contribution in [0, 0.1) is 13.8 Å². The second-order valence-electron chi connectivity index (χ2n) is 5.26. The van der Waals surface area contributed by atoms with E-state index in [-0.39, 0.29) is 17.3 Å². The van der Waals surface area contributed by atoms with Crippen molar-refractivity contribution < 1.29 is 9.53 Å². The molecule has 3 nitrogen and oxygen atoms in total. The molecule has 1 aliphatic heterocycles. The van der Waals surface area contributed by atoms with Crippen molar-refractivity contribution in [1.29, 1.82) is 0 Å². The summed E-state index contributed by atoms with van der Waals surface area (Å²) in [5.41, 5.74) is 5.58. The molecule has 0 saturated carbocycles. The molecular formula is C17H16BrNO2. The summed E-state index contributed by atoms with van der Waals surface area (Å²) in [6.07, 6.45) is 0. The molecule has 0 fully saturated rings. The standard InChI is InChI=1S/C17H16BrNO2/c1-10-4-3-5-11(2)16(10)17(18)12-6-7-14-13(8-12)19-15(20)9-21-14/h3-8,17H,9H2,1-2H3,(H,19,20). The first-order valence-electron chi connectivity index (χ1n) is 6.83. The van der Waals surface area contributed by atoms with Crippen molar-refractivity contribution in [3.8, 4) is 5.75 Å². The lowest BCUT2D eigenvalue weighted by Gasteiger charge is -2.21. The lowest BCUT2D eigenvalue weighted by molar-refractivity contribution is -0.118. The largest absolute Gasteiger partial charge is 0.482 e. The highest BCUT2D eigenvalue weighted by molar-refractivity contribution is 9.09. The van der Waals surface area contributed by atoms with E-state index in [2.05, 4.69) is 53.3 Å². The Morgan fingerprint density at radius 3 is 2.62 bits per heavy atom. The smallest absolute Gasteiger partial charge is 0.262 e. The average molecular weight is 346 g/mol. The number of nitrogens with one attached hydrogen (secondary N) is 1. The van der Waals surface area contributed by atoms with E-state index in [9.17, 15) is 4.79 Å². The normalized spacial score (nSPS) is 14.9. The van der Waals surface area contributed by atoms with Gasteiger partial charge >= 0.3 is 0 Å². The van der Waals surface area contributed by atoms with Crippen LogP contribution in [0.4, 0.5) is 5.69 Å². The number of carbonyl (C=O) groups is 1. The van der Waals surface area contributed by atoms with Gasteiger partial charge in [0.2, 0.25) is 0 Å². The van der Waals surface area contributed by atoms with Gasteiger partial charge in [-0.05, 0) is 48.2 Å². The third-order valence-electron chi connectivity index (χ3n) is 3.72. The summed E-state index contributed by atoms with van der Waals surface area (Å²) in [4.78, 5) is 11.5. The maximum absolute atomic E-state index is 11.4. The van der Waals surface area contributed by atoms with Crippen molar-refractivity contribution >= 4 is 27.5 Å². The van der Waals surface area contributed by atoms with Gasteiger partial charge < -0.3 is 10.1 Å². The summed E-state index contributed by atoms with van der Waals surface area (Å²) in [5.74, 6) is 0.609. The highest BCUT2D eigenvalue weighted by atomic mass is 79.9. The Bertz CT molecular complexity index is 692. The molecule has 1 aliphatic rings. The molecule has 1 amide bonds. The minimum absolute atomic E-state index is 0.0843. The maximum Gasteiger partial charge on any atom is 0.262 e. The number of carbonyl (C=O) groups excluding carboxylic acids is 1. The highest BCUT2D eigenvalue weighted by Crippen LogP contribution is 2.38. The monoisotopic (exact) mass is 345 g/mol. The molecule has 0 saturated heterocycles. The van der Waals surface area contributed by atoms with Crippen LogP contribution in [-0.4, -0.2) is 12.5 Å². The first-order chi connectivity index (χ1) is 10.1. The van der Waals surface area contributed by atoms with Crippen LogP contribution in [0.3, 0.4) is 0 Å². The Hall–Kier alpha value is -1.81. The molecule has 1 heterocycles. The highest BCUT2D eigenvalue weighted by Gasteiger charge is 2.20. The Kier molecular flexibility index (Phi) is 3.72. The summed E-state index contributed by atoms with van der Waals surface area (Å²) in [6, 6.07) is 12.2. The van der Waals surface area contributed by atoms with Crippen LogP contribution < -0.4 is 10.1 Å². The second kappa shape index (κ2) is 5.53. The van der Waals surface area contributed by atoms with Gasteiger partial charge in [0.25, 0.3) is 5.91 Å². The minimum Gasteiger partial charge on any atom is -0.482 e. The zero-order chi connectivity index (χ0) is 15.0. The van der Waals surface area contributed by atoms with E-state index in [1.165, 1.54) is 16.7 Å². The summed E-state index contributed by atoms with van der Waals surface area (Å²) in [5, 5.41) is 2.85. The molecule has 2 aromatic carbocycles. The number of rotatable bonds is 2. The molecule has 1 atom stereocenters. The number of fused-ring (bicyclic) bond motifs is 1. The Morgan fingerprint density at radius 2 is 1.90 bits per heavy atom. The molecular weight excluding hydrogens is 330 g/mol. The number of ether oxygens (including phenoxy) is 1. The second-order valence-corrected chi connectivity index (χ2v) is 6.18. The first kappa shape index (κ1) is 14.1. The van der Waals surface area contributed by atoms with E-state index >= 15 is 0 Å². The van der Waals surface area contributed by atoms with Crippen molar-refractivity contribution in [2.75, 3.05) is 11.9 Å². The minimum atomic E-state index is -0.113. The van der Waals surface area contributed by atoms with E-state index in [0.717, 1.165) is 17.0 Å². The van der Waals surface area contributed by atoms with Crippen LogP contribution in [-0.2, 0) is 4.79 Å². The quantitative estimate of drug-likeness (QED) is 0.831. The predicted octanol–water partition coefficient (Wildman–Crippen LogP) is 4.12. The summed E-state index contributed by atoms with van der Waals surface area (Å²) >= 11 is 3.79. The molecule has 3 rings (SSSR count). The van der Waals surface area contributed by atoms with Gasteiger partial charge in [-0.1, -0.05) is 40.2 Å². The van der Waals surface area contributed by atoms with E-state index in [1.54, 1.807) is 0 Å². The summed E-state index contributed by atoms with van der Waals surface area (Å²) in [6.45, 7) is 4.31. The van der Waals surface area contributed by atoms with Gasteiger partial charge in [-0.2, -0.15) is 0 Å². The Labute approximate surface area is 132 Å². The topological polar surface area (TPSA) is 38.3 Å². The van der Waals surface area contributed by atoms with Crippen molar-refractivity contribution in [3.63, 3.8) is 0 Å². The summed E-state index contributed by atoms with van der Waals surface area (Å²) in [7, 11) is 0. The number of aryl methyl sites for hydroxylation is 2. The van der Waals surface area contributed by atoms with Crippen LogP contribution in [0.5, 0.6) is 5.75 Å². The van der Waals surface area contributed by atoms with Crippen molar-refractivity contribution in [1.82, 2.24) is 0 Å². The number of hydrogen-bond donors (Lipinski definition) is 1. The van der Waals surface area contributed by atoms with Gasteiger partial charge in [0.1, 0.15) is 5.75 Å². The fourth-order valence-electron chi connectivity index (χ4n) is 2.65. The van der Waals surface area contributed by atoms with Gasteiger partial charge in [-0.3, -0.25) is 4.79 Å². The number of amides is 1. The zero-order valence-electron chi connectivity index (χ0n) is 11.9. The first-order valence-corrected chi connectivity index (χ1v) is 7.74. The maximum atomic E-state index is 11.4. The fraction of sp³-hybridized carbons (Fsp3) is 0.235. The molecule has 1 unspecified atom stereocenters. The average Bonchev–Trinajstić information content (AvgIpc) is 2.46. The number of benzene rings is 2. The van der Waals surface area contributed by atoms with Crippen LogP contribution in [0.2, 0.25) is 0 Å². The predicted molar refractivity (Wildman–Crippen MR) is 87.3 cm³/mol. The van der Waals surface area contributed by atoms with E-state index in [4.69, 9.17) is 4.74 Å². The van der Waals surface area contributed by atoms with Crippen molar-refractivity contribution in [2.45, 2.75) is 18.7 Å². The molecule has 108 valence electrons. The van der Waals surface area contributed by atoms with Crippen LogP contribution >= 0.6 is 15.9 Å². The van der Waals surface area contributed by atoms with E-state index in [1.807, 2.05) is 18.2 Å². The third kappa shape index (κ3) is 2.68. The van der Waals surface area contributed by atoms with Gasteiger partial charge in [0.15, 0.2) is 6.61 Å². The lowest BCUT2D eigenvalue weighted by atomic mass is 9.95. The molecule has 4 heteroatoms. The Morgan fingerprint density at radius 1 is 1.19 bits per heavy atom. The van der Waals surface area contributed by atoms with Gasteiger partial charge in [0.05, 0.1) is 10.5 Å². The molecule has 21 heavy (non-hydrogen) atoms. The van der Waals surface area contributed by atoms with E-state index < -0.39 is 0 Å². The number of anilines is 1. The van der Waals surface area contributed by atoms with Gasteiger partial charge in [-0.25, -0.2) is 0 Å². The van der Waals surface area contributed by atoms with Gasteiger partial charge in [-0.15, -0.1) is 0 Å². The number of hydrogen-bond acceptors (Lipinski definition) is 2. The molecule has 0 aliphatic carbocycles. The van der Waals surface area contributed by atoms with Crippen molar-refractivity contribution in [2.24, 2.45) is 0 Å². The molecule has 0 spiro atoms. The van der Waals surface area contributed by atoms with Crippen LogP contribution in [0.1, 0.15) is 27.1 Å². The zero-order valence-corrected chi connectivity index (χ0v) is 13.5. The third-order valence-corrected chi connectivity index (χ3v) is 4.71. The fourth-order valence-corrected chi connectivity index (χ4v) is 3.66. The van der Waals surface area contributed by atoms with Crippen LogP contribution in [0.15, 0.2) is 36.4 Å². The lowest BCUT2D eigenvalue weighted by Crippen LogP contribution is -2.25. The SMILES string of the molecule is Cc1cccc(C)c1C(Br)c1ccc2c(c1)NC(=O)CO2.